The molecular weight excluding hydrogens is 350 g/mol. The van der Waals surface area contributed by atoms with E-state index in [4.69, 9.17) is 15.1 Å². The van der Waals surface area contributed by atoms with E-state index in [0.717, 1.165) is 49.0 Å². The number of aliphatic hydroxyl groups excluding tert-OH is 1. The highest BCUT2D eigenvalue weighted by molar-refractivity contribution is 5.96. The van der Waals surface area contributed by atoms with Crippen molar-refractivity contribution in [2.75, 3.05) is 13.2 Å². The van der Waals surface area contributed by atoms with Crippen LogP contribution in [0.15, 0.2) is 48.5 Å². The molecule has 0 atom stereocenters. The normalized spacial score (nSPS) is 11.1. The van der Waals surface area contributed by atoms with Gasteiger partial charge in [-0.1, -0.05) is 55.3 Å². The number of nitriles is 1. The highest BCUT2D eigenvalue weighted by Gasteiger charge is 2.15. The summed E-state index contributed by atoms with van der Waals surface area (Å²) in [6, 6.07) is 17.7. The Kier molecular flexibility index (Phi) is 8.22. The Morgan fingerprint density at radius 1 is 1.07 bits per heavy atom. The van der Waals surface area contributed by atoms with E-state index in [9.17, 15) is 4.79 Å². The van der Waals surface area contributed by atoms with Gasteiger partial charge < -0.3 is 9.84 Å². The largest absolute Gasteiger partial charge is 0.493 e. The lowest BCUT2D eigenvalue weighted by Gasteiger charge is -2.15. The lowest BCUT2D eigenvalue weighted by atomic mass is 9.89. The molecule has 0 bridgehead atoms. The van der Waals surface area contributed by atoms with Crippen molar-refractivity contribution in [3.63, 3.8) is 0 Å². The van der Waals surface area contributed by atoms with Crippen LogP contribution in [0.5, 0.6) is 5.75 Å². The number of ketones is 1. The van der Waals surface area contributed by atoms with Gasteiger partial charge in [-0.15, -0.1) is 0 Å². The second-order valence-corrected chi connectivity index (χ2v) is 7.72. The van der Waals surface area contributed by atoms with Crippen molar-refractivity contribution in [1.82, 2.24) is 0 Å². The summed E-state index contributed by atoms with van der Waals surface area (Å²) in [6.45, 7) is 4.15. The minimum Gasteiger partial charge on any atom is -0.493 e. The lowest BCUT2D eigenvalue weighted by molar-refractivity contribution is 0.0903. The maximum absolute atomic E-state index is 11.5. The topological polar surface area (TPSA) is 70.3 Å². The van der Waals surface area contributed by atoms with Crippen LogP contribution in [-0.4, -0.2) is 24.1 Å². The van der Waals surface area contributed by atoms with Crippen LogP contribution in [-0.2, 0) is 6.42 Å². The number of benzene rings is 2. The van der Waals surface area contributed by atoms with Crippen LogP contribution in [0.3, 0.4) is 0 Å². The molecule has 0 aliphatic carbocycles. The highest BCUT2D eigenvalue weighted by Crippen LogP contribution is 2.24. The highest BCUT2D eigenvalue weighted by atomic mass is 16.5. The average Bonchev–Trinajstić information content (AvgIpc) is 2.71. The lowest BCUT2D eigenvalue weighted by Crippen LogP contribution is -2.07. The van der Waals surface area contributed by atoms with Crippen LogP contribution in [0.2, 0.25) is 0 Å². The molecule has 0 fully saturated rings. The summed E-state index contributed by atoms with van der Waals surface area (Å²) >= 11 is 0. The minimum atomic E-state index is -0.468. The first-order chi connectivity index (χ1) is 13.4. The number of carbonyl (C=O) groups excluding carboxylic acids is 1. The van der Waals surface area contributed by atoms with Crippen molar-refractivity contribution in [2.24, 2.45) is 5.41 Å². The van der Waals surface area contributed by atoms with Gasteiger partial charge in [-0.05, 0) is 43.9 Å². The second kappa shape index (κ2) is 10.6. The third-order valence-corrected chi connectivity index (χ3v) is 4.79. The van der Waals surface area contributed by atoms with Crippen molar-refractivity contribution in [3.8, 4) is 11.8 Å². The van der Waals surface area contributed by atoms with Gasteiger partial charge in [-0.3, -0.25) is 4.79 Å². The molecule has 1 N–H and O–H groups in total. The maximum atomic E-state index is 11.5. The fraction of sp³-hybridized carbons (Fsp3) is 0.417. The molecular formula is C24H29NO3. The first kappa shape index (κ1) is 21.7. The van der Waals surface area contributed by atoms with Crippen molar-refractivity contribution in [3.05, 3.63) is 65.2 Å². The number of aliphatic hydroxyl groups is 1. The molecule has 2 aromatic carbocycles. The number of para-hydroxylation sites is 1. The Bertz CT molecular complexity index is 803. The maximum Gasteiger partial charge on any atom is 0.188 e. The Hall–Kier alpha value is -2.64. The van der Waals surface area contributed by atoms with Gasteiger partial charge in [0.1, 0.15) is 12.4 Å². The Labute approximate surface area is 167 Å². The fourth-order valence-electron chi connectivity index (χ4n) is 2.99. The van der Waals surface area contributed by atoms with Crippen LogP contribution in [0.1, 0.15) is 61.0 Å². The molecule has 0 radical (unpaired) electrons. The first-order valence-corrected chi connectivity index (χ1v) is 9.80. The fourth-order valence-corrected chi connectivity index (χ4v) is 2.99. The zero-order valence-corrected chi connectivity index (χ0v) is 16.8. The molecule has 0 saturated heterocycles. The van der Waals surface area contributed by atoms with Crippen LogP contribution < -0.4 is 4.74 Å². The summed E-state index contributed by atoms with van der Waals surface area (Å²) in [5.41, 5.74) is 2.47. The van der Waals surface area contributed by atoms with Crippen LogP contribution in [0.4, 0.5) is 0 Å². The van der Waals surface area contributed by atoms with E-state index >= 15 is 0 Å². The molecule has 4 heteroatoms. The van der Waals surface area contributed by atoms with Gasteiger partial charge >= 0.3 is 0 Å². The Morgan fingerprint density at radius 2 is 1.79 bits per heavy atom. The molecule has 0 aromatic heterocycles. The molecule has 148 valence electrons. The summed E-state index contributed by atoms with van der Waals surface area (Å²) in [6.07, 6.45) is 4.68. The molecule has 0 aliphatic rings. The number of hydrogen-bond acceptors (Lipinski definition) is 4. The second-order valence-electron chi connectivity index (χ2n) is 7.72. The zero-order valence-electron chi connectivity index (χ0n) is 16.8. The van der Waals surface area contributed by atoms with Gasteiger partial charge in [-0.25, -0.2) is 0 Å². The van der Waals surface area contributed by atoms with Gasteiger partial charge in [0, 0.05) is 12.0 Å². The van der Waals surface area contributed by atoms with Crippen molar-refractivity contribution >= 4 is 5.78 Å². The van der Waals surface area contributed by atoms with Crippen molar-refractivity contribution in [2.45, 2.75) is 46.0 Å². The van der Waals surface area contributed by atoms with Gasteiger partial charge in [0.2, 0.25) is 0 Å². The van der Waals surface area contributed by atoms with Crippen molar-refractivity contribution < 1.29 is 14.6 Å². The minimum absolute atomic E-state index is 0.245. The molecule has 0 aliphatic heterocycles. The van der Waals surface area contributed by atoms with Crippen LogP contribution in [0.25, 0.3) is 0 Å². The summed E-state index contributed by atoms with van der Waals surface area (Å²) in [5.74, 6) is 0.615. The molecule has 28 heavy (non-hydrogen) atoms. The van der Waals surface area contributed by atoms with E-state index in [2.05, 4.69) is 12.1 Å². The number of hydrogen-bond donors (Lipinski definition) is 1. The third-order valence-electron chi connectivity index (χ3n) is 4.79. The molecule has 2 aromatic rings. The van der Waals surface area contributed by atoms with Crippen LogP contribution >= 0.6 is 0 Å². The quantitative estimate of drug-likeness (QED) is 0.443. The van der Waals surface area contributed by atoms with Gasteiger partial charge in [0.15, 0.2) is 5.78 Å². The number of rotatable bonds is 11. The molecule has 0 spiro atoms. The van der Waals surface area contributed by atoms with E-state index in [1.807, 2.05) is 44.2 Å². The first-order valence-electron chi connectivity index (χ1n) is 9.80. The zero-order chi connectivity index (χ0) is 20.4. The third kappa shape index (κ3) is 6.83. The molecule has 0 amide bonds. The number of carbonyl (C=O) groups is 1. The number of nitrogens with zero attached hydrogens (tertiary/aromatic N) is 1. The van der Waals surface area contributed by atoms with E-state index in [-0.39, 0.29) is 11.2 Å². The Morgan fingerprint density at radius 3 is 2.46 bits per heavy atom. The molecule has 2 rings (SSSR count). The predicted octanol–water partition coefficient (Wildman–Crippen LogP) is 4.94. The van der Waals surface area contributed by atoms with E-state index < -0.39 is 6.61 Å². The number of unbranched alkanes of at least 4 members (excludes halogenated alkanes) is 2. The Balaban J connectivity index is 1.86. The SMILES string of the molecule is CC(C)(C#N)CCCCCOc1ccccc1Cc1ccc(C(=O)CO)cc1. The summed E-state index contributed by atoms with van der Waals surface area (Å²) in [7, 11) is 0. The monoisotopic (exact) mass is 379 g/mol. The average molecular weight is 380 g/mol. The summed E-state index contributed by atoms with van der Waals surface area (Å²) in [5, 5.41) is 18.0. The standard InChI is InChI=1S/C24H29NO3/c1-24(2,18-25)14-6-3-7-15-28-23-9-5-4-8-21(23)16-19-10-12-20(13-11-19)22(27)17-26/h4-5,8-13,26H,3,6-7,14-17H2,1-2H3. The van der Waals surface area contributed by atoms with Gasteiger partial charge in [-0.2, -0.15) is 5.26 Å². The van der Waals surface area contributed by atoms with E-state index in [0.29, 0.717) is 12.2 Å². The molecule has 4 nitrogen and oxygen atoms in total. The van der Waals surface area contributed by atoms with Crippen LogP contribution in [0, 0.1) is 16.7 Å². The number of ether oxygens (including phenoxy) is 1. The predicted molar refractivity (Wildman–Crippen MR) is 110 cm³/mol. The summed E-state index contributed by atoms with van der Waals surface area (Å²) in [4.78, 5) is 11.5. The van der Waals surface area contributed by atoms with Gasteiger partial charge in [0.25, 0.3) is 0 Å². The van der Waals surface area contributed by atoms with Gasteiger partial charge in [0.05, 0.1) is 18.1 Å². The number of Topliss-reactive ketones (excluding diaryl/α,β-unsaturated/α-hetero) is 1. The summed E-state index contributed by atoms with van der Waals surface area (Å²) < 4.78 is 6.00. The van der Waals surface area contributed by atoms with Crippen molar-refractivity contribution in [1.29, 1.82) is 5.26 Å². The molecule has 0 heterocycles. The smallest absolute Gasteiger partial charge is 0.188 e. The molecule has 0 saturated carbocycles. The molecule has 0 unspecified atom stereocenters. The van der Waals surface area contributed by atoms with E-state index in [1.165, 1.54) is 0 Å². The van der Waals surface area contributed by atoms with E-state index in [1.54, 1.807) is 12.1 Å².